The second-order valence-electron chi connectivity index (χ2n) is 7.59. The Morgan fingerprint density at radius 3 is 2.31 bits per heavy atom. The number of rotatable bonds is 8. The van der Waals surface area contributed by atoms with Gasteiger partial charge in [0.25, 0.3) is 0 Å². The van der Waals surface area contributed by atoms with Crippen LogP contribution in [0.4, 0.5) is 0 Å². The molecule has 2 N–H and O–H groups in total. The van der Waals surface area contributed by atoms with Gasteiger partial charge in [0.1, 0.15) is 0 Å². The highest BCUT2D eigenvalue weighted by Gasteiger charge is 2.09. The van der Waals surface area contributed by atoms with Crippen LogP contribution in [-0.2, 0) is 22.4 Å². The first-order valence-corrected chi connectivity index (χ1v) is 10.1. The van der Waals surface area contributed by atoms with Crippen LogP contribution in [-0.4, -0.2) is 24.9 Å². The first-order chi connectivity index (χ1) is 14.0. The summed E-state index contributed by atoms with van der Waals surface area (Å²) in [6.07, 6.45) is 1.03. The van der Waals surface area contributed by atoms with Gasteiger partial charge in [-0.1, -0.05) is 80.6 Å². The lowest BCUT2D eigenvalue weighted by Gasteiger charge is -2.09. The summed E-state index contributed by atoms with van der Waals surface area (Å²) < 4.78 is 0. The number of fused-ring (bicyclic) bond motifs is 1. The number of hydrogen-bond acceptors (Lipinski definition) is 2. The van der Waals surface area contributed by atoms with Crippen molar-refractivity contribution in [3.8, 4) is 0 Å². The fourth-order valence-corrected chi connectivity index (χ4v) is 3.34. The van der Waals surface area contributed by atoms with Crippen molar-refractivity contribution in [2.45, 2.75) is 32.6 Å². The van der Waals surface area contributed by atoms with E-state index in [2.05, 4.69) is 48.7 Å². The molecule has 4 nitrogen and oxygen atoms in total. The lowest BCUT2D eigenvalue weighted by Crippen LogP contribution is -2.38. The molecule has 0 atom stereocenters. The van der Waals surface area contributed by atoms with Gasteiger partial charge in [-0.25, -0.2) is 0 Å². The molecule has 0 heterocycles. The Balaban J connectivity index is 1.41. The smallest absolute Gasteiger partial charge is 0.239 e. The molecule has 0 bridgehead atoms. The molecule has 29 heavy (non-hydrogen) atoms. The maximum Gasteiger partial charge on any atom is 0.239 e. The molecule has 3 rings (SSSR count). The van der Waals surface area contributed by atoms with Gasteiger partial charge in [-0.05, 0) is 39.8 Å². The van der Waals surface area contributed by atoms with E-state index in [4.69, 9.17) is 0 Å². The fourth-order valence-electron chi connectivity index (χ4n) is 3.34. The van der Waals surface area contributed by atoms with Gasteiger partial charge in [0.15, 0.2) is 0 Å². The van der Waals surface area contributed by atoms with Crippen molar-refractivity contribution in [2.24, 2.45) is 0 Å². The molecule has 0 aliphatic carbocycles. The fraction of sp³-hybridized carbons (Fsp3) is 0.280. The van der Waals surface area contributed by atoms with Crippen LogP contribution in [0.25, 0.3) is 10.8 Å². The average Bonchev–Trinajstić information content (AvgIpc) is 2.73. The molecule has 0 aliphatic heterocycles. The van der Waals surface area contributed by atoms with Crippen molar-refractivity contribution in [3.63, 3.8) is 0 Å². The molecule has 4 heteroatoms. The minimum atomic E-state index is -0.171. The van der Waals surface area contributed by atoms with Crippen LogP contribution in [0.1, 0.15) is 36.5 Å². The molecule has 3 aromatic rings. The molecule has 0 aliphatic rings. The second kappa shape index (κ2) is 9.87. The predicted molar refractivity (Wildman–Crippen MR) is 118 cm³/mol. The summed E-state index contributed by atoms with van der Waals surface area (Å²) in [6.45, 7) is 4.89. The van der Waals surface area contributed by atoms with E-state index in [0.29, 0.717) is 12.5 Å². The van der Waals surface area contributed by atoms with E-state index in [9.17, 15) is 9.59 Å². The highest BCUT2D eigenvalue weighted by molar-refractivity contribution is 5.91. The SMILES string of the molecule is CC(C)c1ccc(CCNC(=O)CNC(=O)Cc2cccc3ccccc23)cc1. The van der Waals surface area contributed by atoms with E-state index in [1.807, 2.05) is 42.5 Å². The van der Waals surface area contributed by atoms with Gasteiger partial charge >= 0.3 is 0 Å². The van der Waals surface area contributed by atoms with E-state index in [0.717, 1.165) is 22.8 Å². The first-order valence-electron chi connectivity index (χ1n) is 10.1. The number of nitrogens with one attached hydrogen (secondary N) is 2. The zero-order valence-electron chi connectivity index (χ0n) is 17.1. The second-order valence-corrected chi connectivity index (χ2v) is 7.59. The summed E-state index contributed by atoms with van der Waals surface area (Å²) in [5, 5.41) is 7.75. The summed E-state index contributed by atoms with van der Waals surface area (Å²) in [5.74, 6) is 0.192. The van der Waals surface area contributed by atoms with Crippen LogP contribution >= 0.6 is 0 Å². The summed E-state index contributed by atoms with van der Waals surface area (Å²) in [5.41, 5.74) is 3.47. The lowest BCUT2D eigenvalue weighted by molar-refractivity contribution is -0.125. The van der Waals surface area contributed by atoms with Crippen LogP contribution in [0, 0.1) is 0 Å². The number of carbonyl (C=O) groups is 2. The van der Waals surface area contributed by atoms with Gasteiger partial charge < -0.3 is 10.6 Å². The Bertz CT molecular complexity index is 972. The minimum Gasteiger partial charge on any atom is -0.354 e. The number of carbonyl (C=O) groups excluding carboxylic acids is 2. The maximum atomic E-state index is 12.3. The first kappa shape index (κ1) is 20.6. The topological polar surface area (TPSA) is 58.2 Å². The molecular weight excluding hydrogens is 360 g/mol. The normalized spacial score (nSPS) is 10.9. The molecule has 0 aromatic heterocycles. The van der Waals surface area contributed by atoms with Gasteiger partial charge in [-0.15, -0.1) is 0 Å². The third-order valence-corrected chi connectivity index (χ3v) is 5.06. The molecule has 3 aromatic carbocycles. The van der Waals surface area contributed by atoms with E-state index in [1.165, 1.54) is 11.1 Å². The molecule has 0 spiro atoms. The monoisotopic (exact) mass is 388 g/mol. The molecule has 2 amide bonds. The zero-order valence-corrected chi connectivity index (χ0v) is 17.1. The molecule has 0 radical (unpaired) electrons. The average molecular weight is 389 g/mol. The predicted octanol–water partition coefficient (Wildman–Crippen LogP) is 3.98. The number of amides is 2. The largest absolute Gasteiger partial charge is 0.354 e. The standard InChI is InChI=1S/C25H28N2O2/c1-18(2)20-12-10-19(11-13-20)14-15-26-25(29)17-27-24(28)16-22-8-5-7-21-6-3-4-9-23(21)22/h3-13,18H,14-17H2,1-2H3,(H,26,29)(H,27,28). The Labute approximate surface area is 172 Å². The Morgan fingerprint density at radius 2 is 1.55 bits per heavy atom. The Kier molecular flexibility index (Phi) is 7.01. The highest BCUT2D eigenvalue weighted by atomic mass is 16.2. The van der Waals surface area contributed by atoms with Crippen LogP contribution < -0.4 is 10.6 Å². The van der Waals surface area contributed by atoms with Crippen molar-refractivity contribution in [1.82, 2.24) is 10.6 Å². The summed E-state index contributed by atoms with van der Waals surface area (Å²) >= 11 is 0. The molecular formula is C25H28N2O2. The maximum absolute atomic E-state index is 12.3. The van der Waals surface area contributed by atoms with Crippen LogP contribution in [0.3, 0.4) is 0 Å². The van der Waals surface area contributed by atoms with Crippen LogP contribution in [0.2, 0.25) is 0 Å². The third-order valence-electron chi connectivity index (χ3n) is 5.06. The van der Waals surface area contributed by atoms with Crippen LogP contribution in [0.15, 0.2) is 66.7 Å². The van der Waals surface area contributed by atoms with Gasteiger partial charge in [0, 0.05) is 6.54 Å². The highest BCUT2D eigenvalue weighted by Crippen LogP contribution is 2.18. The van der Waals surface area contributed by atoms with Gasteiger partial charge in [0.2, 0.25) is 11.8 Å². The molecule has 0 saturated heterocycles. The van der Waals surface area contributed by atoms with E-state index < -0.39 is 0 Å². The van der Waals surface area contributed by atoms with E-state index >= 15 is 0 Å². The molecule has 0 unspecified atom stereocenters. The Hall–Kier alpha value is -3.14. The van der Waals surface area contributed by atoms with Crippen molar-refractivity contribution in [1.29, 1.82) is 0 Å². The van der Waals surface area contributed by atoms with Crippen molar-refractivity contribution < 1.29 is 9.59 Å². The van der Waals surface area contributed by atoms with E-state index in [1.54, 1.807) is 0 Å². The van der Waals surface area contributed by atoms with E-state index in [-0.39, 0.29) is 24.8 Å². The van der Waals surface area contributed by atoms with Crippen molar-refractivity contribution in [2.75, 3.05) is 13.1 Å². The quantitative estimate of drug-likeness (QED) is 0.613. The summed E-state index contributed by atoms with van der Waals surface area (Å²) in [6, 6.07) is 22.4. The molecule has 0 fully saturated rings. The molecule has 150 valence electrons. The minimum absolute atomic E-state index is 0.00408. The zero-order chi connectivity index (χ0) is 20.6. The van der Waals surface area contributed by atoms with Crippen molar-refractivity contribution >= 4 is 22.6 Å². The van der Waals surface area contributed by atoms with Gasteiger partial charge in [0.05, 0.1) is 13.0 Å². The molecule has 0 saturated carbocycles. The third kappa shape index (κ3) is 5.92. The van der Waals surface area contributed by atoms with Crippen LogP contribution in [0.5, 0.6) is 0 Å². The van der Waals surface area contributed by atoms with Crippen molar-refractivity contribution in [3.05, 3.63) is 83.4 Å². The summed E-state index contributed by atoms with van der Waals surface area (Å²) in [4.78, 5) is 24.3. The number of hydrogen-bond donors (Lipinski definition) is 2. The van der Waals surface area contributed by atoms with Gasteiger partial charge in [-0.2, -0.15) is 0 Å². The lowest BCUT2D eigenvalue weighted by atomic mass is 10.0. The van der Waals surface area contributed by atoms with Gasteiger partial charge in [-0.3, -0.25) is 9.59 Å². The Morgan fingerprint density at radius 1 is 0.828 bits per heavy atom. The summed E-state index contributed by atoms with van der Waals surface area (Å²) in [7, 11) is 0. The number of benzene rings is 3.